The van der Waals surface area contributed by atoms with Gasteiger partial charge in [0, 0.05) is 37.7 Å². The quantitative estimate of drug-likeness (QED) is 0.342. The summed E-state index contributed by atoms with van der Waals surface area (Å²) in [6.45, 7) is 4.60. The fourth-order valence-electron chi connectivity index (χ4n) is 3.41. The van der Waals surface area contributed by atoms with Crippen LogP contribution in [0, 0.1) is 0 Å². The van der Waals surface area contributed by atoms with Crippen molar-refractivity contribution in [2.24, 2.45) is 0 Å². The van der Waals surface area contributed by atoms with Crippen LogP contribution in [0.4, 0.5) is 0 Å². The zero-order chi connectivity index (χ0) is 23.1. The number of piperidine rings is 1. The second-order valence-corrected chi connectivity index (χ2v) is 8.85. The van der Waals surface area contributed by atoms with Crippen molar-refractivity contribution in [2.75, 3.05) is 44.3 Å². The third-order valence-corrected chi connectivity index (χ3v) is 6.07. The number of likely N-dealkylation sites (tertiary alicyclic amines) is 1. The average molecular weight is 473 g/mol. The summed E-state index contributed by atoms with van der Waals surface area (Å²) in [5.74, 6) is 1.41. The van der Waals surface area contributed by atoms with Gasteiger partial charge in [0.05, 0.1) is 17.6 Å². The van der Waals surface area contributed by atoms with Crippen LogP contribution in [0.25, 0.3) is 0 Å². The first kappa shape index (κ1) is 24.9. The van der Waals surface area contributed by atoms with E-state index >= 15 is 0 Å². The summed E-state index contributed by atoms with van der Waals surface area (Å²) in [5, 5.41) is 5.61. The highest BCUT2D eigenvalue weighted by molar-refractivity contribution is 7.99. The average Bonchev–Trinajstić information content (AvgIpc) is 3.37. The van der Waals surface area contributed by atoms with E-state index in [2.05, 4.69) is 20.5 Å². The van der Waals surface area contributed by atoms with Gasteiger partial charge in [-0.3, -0.25) is 14.5 Å². The molecule has 33 heavy (non-hydrogen) atoms. The molecule has 1 aliphatic heterocycles. The molecule has 8 nitrogen and oxygen atoms in total. The maximum Gasteiger partial charge on any atom is 0.254 e. The lowest BCUT2D eigenvalue weighted by atomic mass is 10.1. The van der Waals surface area contributed by atoms with E-state index in [0.29, 0.717) is 42.6 Å². The van der Waals surface area contributed by atoms with Gasteiger partial charge < -0.3 is 19.8 Å². The number of hydrogen-bond donors (Lipinski definition) is 2. The van der Waals surface area contributed by atoms with Crippen molar-refractivity contribution in [3.05, 3.63) is 60.2 Å². The van der Waals surface area contributed by atoms with E-state index in [1.807, 2.05) is 24.3 Å². The molecule has 178 valence electrons. The first-order valence-corrected chi connectivity index (χ1v) is 12.5. The van der Waals surface area contributed by atoms with Crippen molar-refractivity contribution in [2.45, 2.75) is 25.8 Å². The van der Waals surface area contributed by atoms with E-state index in [9.17, 15) is 9.59 Å². The van der Waals surface area contributed by atoms with Gasteiger partial charge in [0.1, 0.15) is 12.9 Å². The molecule has 1 saturated heterocycles. The number of ether oxygens (including phenoxy) is 1. The van der Waals surface area contributed by atoms with Gasteiger partial charge in [-0.1, -0.05) is 12.5 Å². The minimum absolute atomic E-state index is 0.0428. The molecule has 0 radical (unpaired) electrons. The number of pyridine rings is 1. The second kappa shape index (κ2) is 14.4. The monoisotopic (exact) mass is 472 g/mol. The molecule has 1 fully saturated rings. The summed E-state index contributed by atoms with van der Waals surface area (Å²) in [5.41, 5.74) is 1.71. The van der Waals surface area contributed by atoms with Gasteiger partial charge in [0.25, 0.3) is 5.91 Å². The topological polar surface area (TPSA) is 96.7 Å². The molecule has 0 bridgehead atoms. The molecular weight excluding hydrogens is 440 g/mol. The number of furan rings is 1. The lowest BCUT2D eigenvalue weighted by Gasteiger charge is -2.26. The summed E-state index contributed by atoms with van der Waals surface area (Å²) in [4.78, 5) is 30.4. The zero-order valence-electron chi connectivity index (χ0n) is 18.8. The number of hydrogen-bond acceptors (Lipinski definition) is 7. The fourth-order valence-corrected chi connectivity index (χ4v) is 4.09. The van der Waals surface area contributed by atoms with E-state index in [4.69, 9.17) is 9.15 Å². The maximum atomic E-state index is 11.9. The Morgan fingerprint density at radius 1 is 1.18 bits per heavy atom. The van der Waals surface area contributed by atoms with Gasteiger partial charge in [0.2, 0.25) is 11.8 Å². The number of carbonyl (C=O) groups excluding carboxylic acids is 2. The largest absolute Gasteiger partial charge is 0.473 e. The number of carbonyl (C=O) groups is 2. The van der Waals surface area contributed by atoms with Gasteiger partial charge in [-0.15, -0.1) is 0 Å². The SMILES string of the molecule is O=C(CSCCNC(=O)c1ccoc1)NC/C=C\COc1cc(CN2CCCCC2)ccn1. The van der Waals surface area contributed by atoms with Crippen LogP contribution in [0.2, 0.25) is 0 Å². The molecule has 0 aliphatic carbocycles. The Bertz CT molecular complexity index is 882. The molecule has 3 rings (SSSR count). The predicted molar refractivity (Wildman–Crippen MR) is 129 cm³/mol. The van der Waals surface area contributed by atoms with Crippen molar-refractivity contribution >= 4 is 23.6 Å². The third-order valence-electron chi connectivity index (χ3n) is 5.11. The number of nitrogens with zero attached hydrogens (tertiary/aromatic N) is 2. The molecule has 2 N–H and O–H groups in total. The van der Waals surface area contributed by atoms with Crippen molar-refractivity contribution in [3.8, 4) is 5.88 Å². The maximum absolute atomic E-state index is 11.9. The van der Waals surface area contributed by atoms with Gasteiger partial charge >= 0.3 is 0 Å². The molecule has 2 aromatic heterocycles. The molecule has 9 heteroatoms. The Morgan fingerprint density at radius 3 is 2.88 bits per heavy atom. The van der Waals surface area contributed by atoms with Gasteiger partial charge in [-0.05, 0) is 49.7 Å². The second-order valence-electron chi connectivity index (χ2n) is 7.75. The first-order chi connectivity index (χ1) is 16.2. The molecule has 1 aliphatic rings. The van der Waals surface area contributed by atoms with Crippen molar-refractivity contribution < 1.29 is 18.7 Å². The van der Waals surface area contributed by atoms with E-state index in [1.165, 1.54) is 49.1 Å². The number of thioether (sulfide) groups is 1. The molecule has 0 saturated carbocycles. The number of amides is 2. The standard InChI is InChI=1S/C24H32N4O4S/c29-22(19-33-15-10-27-24(30)21-7-14-31-18-21)25-8-2-5-13-32-23-16-20(6-9-26-23)17-28-11-3-1-4-12-28/h2,5-7,9,14,16,18H,1,3-4,8,10-13,15,17,19H2,(H,25,29)(H,27,30)/b5-2-. The summed E-state index contributed by atoms with van der Waals surface area (Å²) in [7, 11) is 0. The van der Waals surface area contributed by atoms with Crippen molar-refractivity contribution in [1.29, 1.82) is 0 Å². The number of rotatable bonds is 13. The van der Waals surface area contributed by atoms with E-state index in [0.717, 1.165) is 19.6 Å². The highest BCUT2D eigenvalue weighted by Crippen LogP contribution is 2.15. The molecule has 2 amide bonds. The molecule has 0 unspecified atom stereocenters. The minimum Gasteiger partial charge on any atom is -0.473 e. The van der Waals surface area contributed by atoms with Crippen LogP contribution in [-0.2, 0) is 11.3 Å². The molecule has 3 heterocycles. The summed E-state index contributed by atoms with van der Waals surface area (Å²) >= 11 is 1.47. The smallest absolute Gasteiger partial charge is 0.254 e. The van der Waals surface area contributed by atoms with Crippen LogP contribution < -0.4 is 15.4 Å². The summed E-state index contributed by atoms with van der Waals surface area (Å²) < 4.78 is 10.6. The van der Waals surface area contributed by atoms with Crippen LogP contribution in [0.1, 0.15) is 35.2 Å². The number of nitrogens with one attached hydrogen (secondary N) is 2. The molecule has 0 spiro atoms. The van der Waals surface area contributed by atoms with E-state index in [-0.39, 0.29) is 11.8 Å². The Kier molecular flexibility index (Phi) is 10.8. The lowest BCUT2D eigenvalue weighted by Crippen LogP contribution is -2.29. The number of aromatic nitrogens is 1. The Hall–Kier alpha value is -2.78. The normalized spacial score (nSPS) is 14.3. The Morgan fingerprint density at radius 2 is 2.06 bits per heavy atom. The van der Waals surface area contributed by atoms with Gasteiger partial charge in [-0.25, -0.2) is 4.98 Å². The molecular formula is C24H32N4O4S. The van der Waals surface area contributed by atoms with Crippen LogP contribution in [-0.4, -0.2) is 66.0 Å². The van der Waals surface area contributed by atoms with Crippen LogP contribution >= 0.6 is 11.8 Å². The van der Waals surface area contributed by atoms with E-state index in [1.54, 1.807) is 12.3 Å². The molecule has 0 atom stereocenters. The van der Waals surface area contributed by atoms with Crippen LogP contribution in [0.5, 0.6) is 5.88 Å². The minimum atomic E-state index is -0.176. The predicted octanol–water partition coefficient (Wildman–Crippen LogP) is 2.87. The van der Waals surface area contributed by atoms with Crippen LogP contribution in [0.15, 0.2) is 53.5 Å². The Labute approximate surface area is 199 Å². The fraction of sp³-hybridized carbons (Fsp3) is 0.458. The lowest BCUT2D eigenvalue weighted by molar-refractivity contribution is -0.118. The highest BCUT2D eigenvalue weighted by Gasteiger charge is 2.11. The molecule has 2 aromatic rings. The summed E-state index contributed by atoms with van der Waals surface area (Å²) in [6, 6.07) is 5.65. The molecule has 0 aromatic carbocycles. The Balaban J connectivity index is 1.21. The summed E-state index contributed by atoms with van der Waals surface area (Å²) in [6.07, 6.45) is 12.3. The first-order valence-electron chi connectivity index (χ1n) is 11.3. The van der Waals surface area contributed by atoms with Crippen molar-refractivity contribution in [3.63, 3.8) is 0 Å². The van der Waals surface area contributed by atoms with Crippen molar-refractivity contribution in [1.82, 2.24) is 20.5 Å². The third kappa shape index (κ3) is 9.71. The zero-order valence-corrected chi connectivity index (χ0v) is 19.6. The highest BCUT2D eigenvalue weighted by atomic mass is 32.2. The van der Waals surface area contributed by atoms with Gasteiger partial charge in [-0.2, -0.15) is 11.8 Å². The van der Waals surface area contributed by atoms with Gasteiger partial charge in [0.15, 0.2) is 0 Å². The van der Waals surface area contributed by atoms with Crippen LogP contribution in [0.3, 0.4) is 0 Å². The van der Waals surface area contributed by atoms with E-state index < -0.39 is 0 Å².